The molecule has 2 aromatic heterocycles. The second kappa shape index (κ2) is 21.5. The van der Waals surface area contributed by atoms with Crippen molar-refractivity contribution in [2.24, 2.45) is 0 Å². The molecule has 1 aliphatic rings. The van der Waals surface area contributed by atoms with E-state index < -0.39 is 47.3 Å². The molecule has 1 aliphatic heterocycles. The van der Waals surface area contributed by atoms with E-state index in [9.17, 15) is 28.8 Å². The highest BCUT2D eigenvalue weighted by Crippen LogP contribution is 2.33. The van der Waals surface area contributed by atoms with Crippen LogP contribution in [-0.2, 0) is 72.4 Å². The van der Waals surface area contributed by atoms with Crippen LogP contribution in [0.2, 0.25) is 0 Å². The number of esters is 4. The van der Waals surface area contributed by atoms with Crippen molar-refractivity contribution in [1.82, 2.24) is 20.2 Å². The van der Waals surface area contributed by atoms with Crippen molar-refractivity contribution in [2.45, 2.75) is 77.8 Å². The first-order chi connectivity index (χ1) is 22.9. The minimum absolute atomic E-state index is 0.00653. The Labute approximate surface area is 289 Å². The molecule has 2 aromatic rings. The highest BCUT2D eigenvalue weighted by atomic mass is 35.5. The van der Waals surface area contributed by atoms with Crippen LogP contribution in [0.3, 0.4) is 0 Å². The van der Waals surface area contributed by atoms with Crippen LogP contribution >= 0.6 is 23.2 Å². The molecule has 0 aliphatic carbocycles. The third kappa shape index (κ3) is 11.7. The van der Waals surface area contributed by atoms with Gasteiger partial charge in [0.1, 0.15) is 0 Å². The van der Waals surface area contributed by atoms with Crippen LogP contribution in [0.5, 0.6) is 0 Å². The zero-order chi connectivity index (χ0) is 36.3. The van der Waals surface area contributed by atoms with Crippen molar-refractivity contribution >= 4 is 58.9 Å². The lowest BCUT2D eigenvalue weighted by Gasteiger charge is -2.42. The van der Waals surface area contributed by atoms with E-state index in [0.717, 1.165) is 22.3 Å². The van der Waals surface area contributed by atoms with Gasteiger partial charge in [-0.1, -0.05) is 0 Å². The monoisotopic (exact) mass is 712 g/mol. The van der Waals surface area contributed by atoms with Crippen LogP contribution in [0.15, 0.2) is 36.9 Å². The molecule has 0 saturated heterocycles. The number of nitrogens with zero attached hydrogens (tertiary/aromatic N) is 3. The van der Waals surface area contributed by atoms with Gasteiger partial charge in [-0.25, -0.2) is 19.2 Å². The number of aromatic nitrogens is 2. The van der Waals surface area contributed by atoms with Crippen molar-refractivity contribution in [3.8, 4) is 0 Å². The summed E-state index contributed by atoms with van der Waals surface area (Å²) < 4.78 is 19.4. The van der Waals surface area contributed by atoms with E-state index in [1.165, 1.54) is 18.7 Å². The molecule has 264 valence electrons. The average Bonchev–Trinajstić information content (AvgIpc) is 3.07. The molecule has 2 amide bonds. The molecule has 0 atom stereocenters. The summed E-state index contributed by atoms with van der Waals surface area (Å²) in [6.07, 6.45) is 6.66. The van der Waals surface area contributed by atoms with Crippen molar-refractivity contribution in [3.63, 3.8) is 0 Å². The molecule has 3 rings (SSSR count). The van der Waals surface area contributed by atoms with Crippen LogP contribution in [0, 0.1) is 0 Å². The summed E-state index contributed by atoms with van der Waals surface area (Å²) in [5.41, 5.74) is 1.85. The summed E-state index contributed by atoms with van der Waals surface area (Å²) in [6.45, 7) is 9.62. The number of amides is 2. The maximum absolute atomic E-state index is 12.6. The predicted octanol–water partition coefficient (Wildman–Crippen LogP) is 3.03. The van der Waals surface area contributed by atoms with E-state index in [2.05, 4.69) is 24.8 Å². The molecule has 0 unspecified atom stereocenters. The molecule has 0 saturated carbocycles. The number of carbonyl (C=O) groups excluding carboxylic acids is 6. The molecule has 1 N–H and O–H groups in total. The first-order valence-electron chi connectivity index (χ1n) is 15.1. The van der Waals surface area contributed by atoms with Gasteiger partial charge in [-0.3, -0.25) is 19.6 Å². The van der Waals surface area contributed by atoms with Gasteiger partial charge < -0.3 is 29.2 Å². The zero-order valence-electron chi connectivity index (χ0n) is 27.9. The summed E-state index contributed by atoms with van der Waals surface area (Å²) in [5.74, 6) is -3.08. The molecule has 48 heavy (non-hydrogen) atoms. The second-order valence-electron chi connectivity index (χ2n) is 9.78. The normalized spacial score (nSPS) is 12.5. The van der Waals surface area contributed by atoms with Crippen molar-refractivity contribution in [3.05, 3.63) is 59.2 Å². The number of nitrogens with one attached hydrogen (secondary N) is 1. The third-order valence-corrected chi connectivity index (χ3v) is 7.11. The Balaban J connectivity index is 0.000000395. The number of pyridine rings is 2. The SMILES string of the molecule is CCOC(=O)C(NC(C)=O)C(=O)OCC.CCOC(=O)C1(C(=O)OCC)Cc2cnccc2CN1C(C)=O.ClCc1ccncc1CCl. The van der Waals surface area contributed by atoms with Gasteiger partial charge in [0.25, 0.3) is 0 Å². The highest BCUT2D eigenvalue weighted by Gasteiger charge is 2.57. The smallest absolute Gasteiger partial charge is 0.344 e. The number of rotatable bonds is 11. The minimum atomic E-state index is -1.80. The minimum Gasteiger partial charge on any atom is -0.464 e. The van der Waals surface area contributed by atoms with Crippen LogP contribution in [0.25, 0.3) is 0 Å². The Morgan fingerprint density at radius 1 is 0.771 bits per heavy atom. The topological polar surface area (TPSA) is 180 Å². The van der Waals surface area contributed by atoms with Crippen LogP contribution in [0.1, 0.15) is 63.8 Å². The Morgan fingerprint density at radius 3 is 1.71 bits per heavy atom. The lowest BCUT2D eigenvalue weighted by molar-refractivity contribution is -0.180. The van der Waals surface area contributed by atoms with Gasteiger partial charge in [0.2, 0.25) is 23.4 Å². The summed E-state index contributed by atoms with van der Waals surface area (Å²) in [6, 6.07) is 2.28. The molecule has 0 spiro atoms. The summed E-state index contributed by atoms with van der Waals surface area (Å²) in [5, 5.41) is 2.16. The molecule has 0 aromatic carbocycles. The first kappa shape index (κ1) is 41.7. The van der Waals surface area contributed by atoms with E-state index >= 15 is 0 Å². The first-order valence-corrected chi connectivity index (χ1v) is 16.1. The van der Waals surface area contributed by atoms with E-state index in [4.69, 9.17) is 32.7 Å². The number of carbonyl (C=O) groups is 6. The van der Waals surface area contributed by atoms with E-state index in [-0.39, 0.29) is 39.4 Å². The molecule has 0 fully saturated rings. The van der Waals surface area contributed by atoms with Crippen molar-refractivity contribution < 1.29 is 47.7 Å². The largest absolute Gasteiger partial charge is 0.464 e. The summed E-state index contributed by atoms with van der Waals surface area (Å²) in [4.78, 5) is 79.8. The van der Waals surface area contributed by atoms with Gasteiger partial charge in [-0.15, -0.1) is 23.2 Å². The van der Waals surface area contributed by atoms with Gasteiger partial charge >= 0.3 is 23.9 Å². The van der Waals surface area contributed by atoms with Gasteiger partial charge in [0, 0.05) is 63.4 Å². The van der Waals surface area contributed by atoms with Crippen LogP contribution in [-0.4, -0.2) is 88.6 Å². The molecule has 14 nitrogen and oxygen atoms in total. The maximum atomic E-state index is 12.6. The van der Waals surface area contributed by atoms with E-state index in [1.807, 2.05) is 6.07 Å². The fraction of sp³-hybridized carbons (Fsp3) is 0.500. The summed E-state index contributed by atoms with van der Waals surface area (Å²) in [7, 11) is 0. The number of ether oxygens (including phenoxy) is 4. The Kier molecular flexibility index (Phi) is 18.7. The Hall–Kier alpha value is -4.30. The fourth-order valence-electron chi connectivity index (χ4n) is 4.35. The Bertz CT molecular complexity index is 1350. The van der Waals surface area contributed by atoms with Crippen LogP contribution < -0.4 is 5.32 Å². The van der Waals surface area contributed by atoms with Gasteiger partial charge in [-0.2, -0.15) is 0 Å². The number of fused-ring (bicyclic) bond motifs is 1. The lowest BCUT2D eigenvalue weighted by Crippen LogP contribution is -2.65. The zero-order valence-corrected chi connectivity index (χ0v) is 29.4. The van der Waals surface area contributed by atoms with Gasteiger partial charge in [-0.05, 0) is 62.1 Å². The number of alkyl halides is 2. The van der Waals surface area contributed by atoms with Crippen molar-refractivity contribution in [2.75, 3.05) is 26.4 Å². The molecule has 0 radical (unpaired) electrons. The molecular weight excluding hydrogens is 671 g/mol. The van der Waals surface area contributed by atoms with Crippen LogP contribution in [0.4, 0.5) is 0 Å². The molecule has 16 heteroatoms. The third-order valence-electron chi connectivity index (χ3n) is 6.53. The van der Waals surface area contributed by atoms with Gasteiger partial charge in [0.05, 0.1) is 26.4 Å². The number of halogens is 2. The fourth-order valence-corrected chi connectivity index (χ4v) is 4.85. The average molecular weight is 714 g/mol. The second-order valence-corrected chi connectivity index (χ2v) is 10.3. The Morgan fingerprint density at radius 2 is 1.27 bits per heavy atom. The van der Waals surface area contributed by atoms with Crippen molar-refractivity contribution in [1.29, 1.82) is 0 Å². The molecule has 3 heterocycles. The van der Waals surface area contributed by atoms with E-state index in [1.54, 1.807) is 58.5 Å². The number of hydrogen-bond donors (Lipinski definition) is 1. The van der Waals surface area contributed by atoms with E-state index in [0.29, 0.717) is 11.8 Å². The molecular formula is C32H42Cl2N4O10. The highest BCUT2D eigenvalue weighted by molar-refractivity contribution is 6.18. The maximum Gasteiger partial charge on any atom is 0.344 e. The predicted molar refractivity (Wildman–Crippen MR) is 174 cm³/mol. The quantitative estimate of drug-likeness (QED) is 0.156. The summed E-state index contributed by atoms with van der Waals surface area (Å²) >= 11 is 11.2. The lowest BCUT2D eigenvalue weighted by atomic mass is 9.83. The molecule has 0 bridgehead atoms. The number of hydrogen-bond acceptors (Lipinski definition) is 12. The van der Waals surface area contributed by atoms with Gasteiger partial charge in [0.15, 0.2) is 0 Å². The standard InChI is InChI=1S/C16H20N2O5.C9H15NO5.C7H7Cl2N/c1-4-22-14(20)16(15(21)23-5-2)8-13-9-17-7-6-12(13)10-18(16)11(3)19;1-4-14-8(12)7(10-6(3)11)9(13)15-5-2;8-3-6-1-2-10-5-7(6)4-9/h6-7,9H,4-5,8,10H2,1-3H3;7H,4-5H2,1-3H3,(H,10,11);1-2,5H,3-4H2.